The van der Waals surface area contributed by atoms with E-state index in [1.54, 1.807) is 13.8 Å². The van der Waals surface area contributed by atoms with Crippen molar-refractivity contribution in [2.24, 2.45) is 0 Å². The Labute approximate surface area is 130 Å². The summed E-state index contributed by atoms with van der Waals surface area (Å²) < 4.78 is 37.1. The molecule has 0 saturated heterocycles. The Morgan fingerprint density at radius 2 is 1.87 bits per heavy atom. The number of carboxylic acid groups (broad SMARTS) is 1. The number of carboxylic acids is 1. The molecule has 1 rings (SSSR count). The molecule has 0 saturated carbocycles. The Balaban J connectivity index is 3.12. The fraction of sp³-hybridized carbons (Fsp3) is 0.500. The molecule has 23 heavy (non-hydrogen) atoms. The molecule has 1 unspecified atom stereocenters. The fourth-order valence-corrected chi connectivity index (χ4v) is 2.36. The van der Waals surface area contributed by atoms with Crippen molar-refractivity contribution < 1.29 is 32.7 Å². The molecular formula is C14H17F3N2O4. The van der Waals surface area contributed by atoms with E-state index >= 15 is 0 Å². The van der Waals surface area contributed by atoms with Crippen LogP contribution >= 0.6 is 0 Å². The first-order valence-corrected chi connectivity index (χ1v) is 6.80. The van der Waals surface area contributed by atoms with Crippen molar-refractivity contribution in [2.45, 2.75) is 45.8 Å². The second kappa shape index (κ2) is 6.84. The number of H-pyrrole nitrogens is 1. The van der Waals surface area contributed by atoms with Crippen molar-refractivity contribution in [3.8, 4) is 0 Å². The van der Waals surface area contributed by atoms with Crippen molar-refractivity contribution in [2.75, 3.05) is 0 Å². The molecule has 1 heterocycles. The normalized spacial score (nSPS) is 12.8. The number of hydrogen-bond acceptors (Lipinski definition) is 3. The van der Waals surface area contributed by atoms with Crippen molar-refractivity contribution in [1.29, 1.82) is 0 Å². The van der Waals surface area contributed by atoms with Crippen molar-refractivity contribution in [3.63, 3.8) is 0 Å². The quantitative estimate of drug-likeness (QED) is 0.695. The first-order valence-electron chi connectivity index (χ1n) is 6.80. The standard InChI is InChI=1S/C14H17F3N2O4/c1-4-8-10(7(3)20)6(2)18-11(8)12(21)19-9(13(22)23)5-14(15,16)17/h9,18H,4-5H2,1-3H3,(H,19,21)(H,22,23). The number of nitrogens with one attached hydrogen (secondary N) is 2. The molecule has 1 amide bonds. The number of ketones is 1. The lowest BCUT2D eigenvalue weighted by Gasteiger charge is -2.16. The number of rotatable bonds is 6. The Bertz CT molecular complexity index is 635. The van der Waals surface area contributed by atoms with Crippen molar-refractivity contribution in [1.82, 2.24) is 10.3 Å². The maximum atomic E-state index is 12.4. The molecule has 1 aromatic heterocycles. The van der Waals surface area contributed by atoms with Crippen LogP contribution in [-0.2, 0) is 11.2 Å². The third-order valence-corrected chi connectivity index (χ3v) is 3.26. The summed E-state index contributed by atoms with van der Waals surface area (Å²) in [6.07, 6.45) is -6.13. The smallest absolute Gasteiger partial charge is 0.391 e. The van der Waals surface area contributed by atoms with E-state index in [1.165, 1.54) is 6.92 Å². The number of alkyl halides is 3. The maximum absolute atomic E-state index is 12.4. The molecule has 0 aliphatic rings. The van der Waals surface area contributed by atoms with Crippen LogP contribution in [0, 0.1) is 6.92 Å². The van der Waals surface area contributed by atoms with Gasteiger partial charge in [-0.3, -0.25) is 9.59 Å². The molecule has 0 bridgehead atoms. The van der Waals surface area contributed by atoms with E-state index < -0.39 is 30.5 Å². The number of hydrogen-bond donors (Lipinski definition) is 3. The lowest BCUT2D eigenvalue weighted by atomic mass is 10.0. The van der Waals surface area contributed by atoms with Crippen LogP contribution in [0.25, 0.3) is 0 Å². The van der Waals surface area contributed by atoms with Gasteiger partial charge in [-0.05, 0) is 25.8 Å². The van der Waals surface area contributed by atoms with Gasteiger partial charge in [0.25, 0.3) is 5.91 Å². The van der Waals surface area contributed by atoms with Gasteiger partial charge in [-0.1, -0.05) is 6.92 Å². The predicted molar refractivity (Wildman–Crippen MR) is 74.5 cm³/mol. The highest BCUT2D eigenvalue weighted by Gasteiger charge is 2.37. The minimum absolute atomic E-state index is 0.0939. The second-order valence-electron chi connectivity index (χ2n) is 5.07. The molecule has 0 aliphatic carbocycles. The molecule has 1 atom stereocenters. The van der Waals surface area contributed by atoms with Crippen LogP contribution in [0.4, 0.5) is 13.2 Å². The summed E-state index contributed by atoms with van der Waals surface area (Å²) in [4.78, 5) is 37.3. The average Bonchev–Trinajstić information content (AvgIpc) is 2.73. The minimum atomic E-state index is -4.74. The van der Waals surface area contributed by atoms with Gasteiger partial charge < -0.3 is 15.4 Å². The van der Waals surface area contributed by atoms with Crippen LogP contribution in [-0.4, -0.2) is 40.0 Å². The molecule has 0 radical (unpaired) electrons. The third kappa shape index (κ3) is 4.57. The first-order chi connectivity index (χ1) is 10.5. The zero-order chi connectivity index (χ0) is 17.9. The fourth-order valence-electron chi connectivity index (χ4n) is 2.36. The Kier molecular flexibility index (Phi) is 5.57. The van der Waals surface area contributed by atoms with Crippen molar-refractivity contribution in [3.05, 3.63) is 22.5 Å². The first kappa shape index (κ1) is 18.7. The van der Waals surface area contributed by atoms with Crippen LogP contribution in [0.2, 0.25) is 0 Å². The van der Waals surface area contributed by atoms with Gasteiger partial charge in [0.2, 0.25) is 0 Å². The number of amides is 1. The summed E-state index contributed by atoms with van der Waals surface area (Å²) >= 11 is 0. The molecule has 0 aromatic carbocycles. The molecule has 6 nitrogen and oxygen atoms in total. The van der Waals surface area contributed by atoms with E-state index in [0.29, 0.717) is 23.2 Å². The van der Waals surface area contributed by atoms with E-state index in [0.717, 1.165) is 0 Å². The van der Waals surface area contributed by atoms with Crippen molar-refractivity contribution >= 4 is 17.7 Å². The van der Waals surface area contributed by atoms with Gasteiger partial charge in [0.05, 0.1) is 6.42 Å². The largest absolute Gasteiger partial charge is 0.480 e. The molecule has 128 valence electrons. The van der Waals surface area contributed by atoms with Gasteiger partial charge >= 0.3 is 12.1 Å². The zero-order valence-electron chi connectivity index (χ0n) is 12.8. The van der Waals surface area contributed by atoms with Crippen LogP contribution in [0.5, 0.6) is 0 Å². The van der Waals surface area contributed by atoms with E-state index in [1.807, 2.05) is 5.32 Å². The van der Waals surface area contributed by atoms with Gasteiger partial charge in [-0.15, -0.1) is 0 Å². The van der Waals surface area contributed by atoms with E-state index in [-0.39, 0.29) is 11.5 Å². The number of aromatic nitrogens is 1. The highest BCUT2D eigenvalue weighted by atomic mass is 19.4. The molecular weight excluding hydrogens is 317 g/mol. The summed E-state index contributed by atoms with van der Waals surface area (Å²) in [5.74, 6) is -3.07. The summed E-state index contributed by atoms with van der Waals surface area (Å²) in [7, 11) is 0. The Morgan fingerprint density at radius 1 is 1.30 bits per heavy atom. The van der Waals surface area contributed by atoms with Crippen LogP contribution in [0.3, 0.4) is 0 Å². The lowest BCUT2D eigenvalue weighted by molar-refractivity contribution is -0.157. The molecule has 3 N–H and O–H groups in total. The van der Waals surface area contributed by atoms with Crippen LogP contribution in [0.15, 0.2) is 0 Å². The Hall–Kier alpha value is -2.32. The van der Waals surface area contributed by atoms with Gasteiger partial charge in [-0.2, -0.15) is 13.2 Å². The number of aryl methyl sites for hydroxylation is 1. The topological polar surface area (TPSA) is 99.3 Å². The zero-order valence-corrected chi connectivity index (χ0v) is 12.8. The predicted octanol–water partition coefficient (Wildman–Crippen LogP) is 2.22. The molecule has 0 spiro atoms. The highest BCUT2D eigenvalue weighted by molar-refractivity contribution is 6.03. The SMILES string of the molecule is CCc1c(C(=O)NC(CC(F)(F)F)C(=O)O)[nH]c(C)c1C(C)=O. The molecule has 0 fully saturated rings. The van der Waals surface area contributed by atoms with E-state index in [4.69, 9.17) is 5.11 Å². The van der Waals surface area contributed by atoms with Gasteiger partial charge in [0.1, 0.15) is 11.7 Å². The summed E-state index contributed by atoms with van der Waals surface area (Å²) in [6.45, 7) is 4.54. The number of aromatic amines is 1. The maximum Gasteiger partial charge on any atom is 0.391 e. The second-order valence-corrected chi connectivity index (χ2v) is 5.07. The molecule has 0 aliphatic heterocycles. The Morgan fingerprint density at radius 3 is 2.26 bits per heavy atom. The van der Waals surface area contributed by atoms with E-state index in [9.17, 15) is 27.6 Å². The summed E-state index contributed by atoms with van der Waals surface area (Å²) in [5, 5.41) is 10.7. The van der Waals surface area contributed by atoms with Gasteiger partial charge in [0, 0.05) is 11.3 Å². The lowest BCUT2D eigenvalue weighted by Crippen LogP contribution is -2.44. The number of carbonyl (C=O) groups is 3. The number of aliphatic carboxylic acids is 1. The van der Waals surface area contributed by atoms with Gasteiger partial charge in [0.15, 0.2) is 5.78 Å². The molecule has 1 aromatic rings. The van der Waals surface area contributed by atoms with E-state index in [2.05, 4.69) is 4.98 Å². The van der Waals surface area contributed by atoms with Crippen LogP contribution in [0.1, 0.15) is 52.4 Å². The summed E-state index contributed by atoms with van der Waals surface area (Å²) in [5.41, 5.74) is 0.954. The van der Waals surface area contributed by atoms with Gasteiger partial charge in [-0.25, -0.2) is 4.79 Å². The number of halogens is 3. The third-order valence-electron chi connectivity index (χ3n) is 3.26. The van der Waals surface area contributed by atoms with Crippen LogP contribution < -0.4 is 5.32 Å². The number of Topliss-reactive ketones (excluding diaryl/α,β-unsaturated/α-hetero) is 1. The average molecular weight is 334 g/mol. The molecule has 9 heteroatoms. The minimum Gasteiger partial charge on any atom is -0.480 e. The number of carbonyl (C=O) groups excluding carboxylic acids is 2. The monoisotopic (exact) mass is 334 g/mol. The summed E-state index contributed by atoms with van der Waals surface area (Å²) in [6, 6.07) is -2.10. The highest BCUT2D eigenvalue weighted by Crippen LogP contribution is 2.23.